The predicted molar refractivity (Wildman–Crippen MR) is 161 cm³/mol. The van der Waals surface area contributed by atoms with Gasteiger partial charge in [0.05, 0.1) is 24.6 Å². The molecule has 42 heavy (non-hydrogen) atoms. The molecule has 3 heterocycles. The molecule has 0 aliphatic carbocycles. The summed E-state index contributed by atoms with van der Waals surface area (Å²) in [6.07, 6.45) is 2.75. The molecule has 2 aliphatic heterocycles. The summed E-state index contributed by atoms with van der Waals surface area (Å²) in [4.78, 5) is 16.5. The highest BCUT2D eigenvalue weighted by molar-refractivity contribution is 6.12. The molecule has 8 nitrogen and oxygen atoms in total. The number of benzene rings is 3. The molecule has 0 saturated carbocycles. The minimum atomic E-state index is -1.13. The Morgan fingerprint density at radius 1 is 1.02 bits per heavy atom. The number of ether oxygens (including phenoxy) is 2. The summed E-state index contributed by atoms with van der Waals surface area (Å²) in [5.41, 5.74) is 3.06. The van der Waals surface area contributed by atoms with E-state index in [2.05, 4.69) is 43.2 Å². The summed E-state index contributed by atoms with van der Waals surface area (Å²) in [6.45, 7) is 7.29. The first-order valence-corrected chi connectivity index (χ1v) is 14.6. The van der Waals surface area contributed by atoms with Crippen molar-refractivity contribution in [1.29, 1.82) is 0 Å². The van der Waals surface area contributed by atoms with Gasteiger partial charge < -0.3 is 14.6 Å². The first-order chi connectivity index (χ1) is 20.3. The van der Waals surface area contributed by atoms with E-state index in [1.807, 2.05) is 82.5 Å². The molecule has 218 valence electrons. The lowest BCUT2D eigenvalue weighted by Gasteiger charge is -2.38. The number of anilines is 2. The molecule has 0 bridgehead atoms. The maximum Gasteiger partial charge on any atom is 0.268 e. The largest absolute Gasteiger partial charge is 0.497 e. The molecule has 6 rings (SSSR count). The van der Waals surface area contributed by atoms with Gasteiger partial charge >= 0.3 is 0 Å². The molecular weight excluding hydrogens is 528 g/mol. The number of methoxy groups -OCH3 is 1. The van der Waals surface area contributed by atoms with Crippen LogP contribution in [0.1, 0.15) is 44.0 Å². The second-order valence-electron chi connectivity index (χ2n) is 11.9. The van der Waals surface area contributed by atoms with Crippen molar-refractivity contribution in [3.63, 3.8) is 0 Å². The number of fused-ring (bicyclic) bond motifs is 2. The maximum atomic E-state index is 14.7. The van der Waals surface area contributed by atoms with Crippen molar-refractivity contribution in [2.45, 2.75) is 57.3 Å². The van der Waals surface area contributed by atoms with Crippen LogP contribution >= 0.6 is 0 Å². The molecule has 1 spiro atoms. The molecule has 4 aromatic rings. The number of aliphatic hydroxyl groups is 1. The second kappa shape index (κ2) is 11.0. The van der Waals surface area contributed by atoms with Gasteiger partial charge in [-0.2, -0.15) is 0 Å². The van der Waals surface area contributed by atoms with E-state index in [9.17, 15) is 9.90 Å². The second-order valence-corrected chi connectivity index (χ2v) is 11.9. The number of aliphatic hydroxyl groups excluding tert-OH is 1. The van der Waals surface area contributed by atoms with Crippen LogP contribution in [0.2, 0.25) is 0 Å². The molecular formula is C34H38N4O4. The fraction of sp³-hybridized carbons (Fsp3) is 0.382. The third-order valence-corrected chi connectivity index (χ3v) is 9.26. The van der Waals surface area contributed by atoms with Gasteiger partial charge in [-0.3, -0.25) is 14.4 Å². The van der Waals surface area contributed by atoms with Gasteiger partial charge in [-0.15, -0.1) is 5.10 Å². The summed E-state index contributed by atoms with van der Waals surface area (Å²) in [5, 5.41) is 17.8. The van der Waals surface area contributed by atoms with Gasteiger partial charge in [0.15, 0.2) is 5.60 Å². The van der Waals surface area contributed by atoms with Gasteiger partial charge in [0.1, 0.15) is 5.75 Å². The molecule has 1 amide bonds. The third kappa shape index (κ3) is 4.50. The molecule has 1 saturated heterocycles. The zero-order chi connectivity index (χ0) is 29.5. The van der Waals surface area contributed by atoms with Gasteiger partial charge in [0.25, 0.3) is 5.91 Å². The van der Waals surface area contributed by atoms with Crippen LogP contribution in [-0.2, 0) is 33.5 Å². The monoisotopic (exact) mass is 566 g/mol. The Kier molecular flexibility index (Phi) is 7.37. The van der Waals surface area contributed by atoms with Gasteiger partial charge in [-0.05, 0) is 47.7 Å². The van der Waals surface area contributed by atoms with Crippen LogP contribution in [0.3, 0.4) is 0 Å². The first-order valence-electron chi connectivity index (χ1n) is 14.6. The van der Waals surface area contributed by atoms with E-state index >= 15 is 0 Å². The van der Waals surface area contributed by atoms with Crippen LogP contribution in [-0.4, -0.2) is 45.8 Å². The zero-order valence-electron chi connectivity index (χ0n) is 24.6. The lowest BCUT2D eigenvalue weighted by molar-refractivity contribution is -0.145. The van der Waals surface area contributed by atoms with Crippen LogP contribution < -0.4 is 9.64 Å². The normalized spacial score (nSPS) is 23.5. The highest BCUT2D eigenvalue weighted by Crippen LogP contribution is 2.60. The Hall–Kier alpha value is -4.01. The number of aromatic nitrogens is 3. The number of aryl methyl sites for hydroxylation is 1. The zero-order valence-corrected chi connectivity index (χ0v) is 24.6. The van der Waals surface area contributed by atoms with Crippen molar-refractivity contribution < 1.29 is 19.4 Å². The third-order valence-electron chi connectivity index (χ3n) is 9.26. The number of rotatable bonds is 9. The fourth-order valence-corrected chi connectivity index (χ4v) is 7.23. The van der Waals surface area contributed by atoms with Gasteiger partial charge in [0.2, 0.25) is 0 Å². The number of hydrogen-bond donors (Lipinski definition) is 1. The summed E-state index contributed by atoms with van der Waals surface area (Å²) >= 11 is 0. The van der Waals surface area contributed by atoms with E-state index in [1.165, 1.54) is 0 Å². The Bertz CT molecular complexity index is 1550. The van der Waals surface area contributed by atoms with Crippen LogP contribution in [0.15, 0.2) is 85.1 Å². The Balaban J connectivity index is 1.42. The highest BCUT2D eigenvalue weighted by atomic mass is 16.5. The van der Waals surface area contributed by atoms with Gasteiger partial charge in [-0.1, -0.05) is 74.5 Å². The summed E-state index contributed by atoms with van der Waals surface area (Å²) < 4.78 is 14.4. The number of amides is 1. The molecule has 4 atom stereocenters. The summed E-state index contributed by atoms with van der Waals surface area (Å²) in [5.74, 6) is 0.620. The minimum absolute atomic E-state index is 0.000872. The molecule has 1 fully saturated rings. The van der Waals surface area contributed by atoms with Crippen molar-refractivity contribution in [2.24, 2.45) is 11.8 Å². The molecule has 1 aromatic heterocycles. The number of nitrogens with zero attached hydrogens (tertiary/aromatic N) is 4. The minimum Gasteiger partial charge on any atom is -0.497 e. The van der Waals surface area contributed by atoms with E-state index < -0.39 is 5.60 Å². The van der Waals surface area contributed by atoms with Crippen LogP contribution in [0.4, 0.5) is 11.4 Å². The molecule has 0 unspecified atom stereocenters. The van der Waals surface area contributed by atoms with Crippen molar-refractivity contribution >= 4 is 17.3 Å². The SMILES string of the molecule is COc1ccc(C(C)(C)[C@H]2[C@H](CCn3cc(CCO)nn3)O[C@@]3(C(=O)N(c4ccccc4)c4ccccc43)[C@@H]2C)cc1. The highest BCUT2D eigenvalue weighted by Gasteiger charge is 2.66. The van der Waals surface area contributed by atoms with E-state index in [1.54, 1.807) is 7.11 Å². The fourth-order valence-electron chi connectivity index (χ4n) is 7.23. The average molecular weight is 567 g/mol. The maximum absolute atomic E-state index is 14.7. The van der Waals surface area contributed by atoms with E-state index in [0.29, 0.717) is 19.4 Å². The topological polar surface area (TPSA) is 89.7 Å². The van der Waals surface area contributed by atoms with Crippen molar-refractivity contribution in [3.8, 4) is 5.75 Å². The van der Waals surface area contributed by atoms with E-state index in [4.69, 9.17) is 9.47 Å². The molecule has 1 N–H and O–H groups in total. The lowest BCUT2D eigenvalue weighted by atomic mass is 9.63. The van der Waals surface area contributed by atoms with Crippen molar-refractivity contribution in [3.05, 3.63) is 102 Å². The van der Waals surface area contributed by atoms with Crippen LogP contribution in [0.25, 0.3) is 0 Å². The van der Waals surface area contributed by atoms with Crippen molar-refractivity contribution in [2.75, 3.05) is 18.6 Å². The standard InChI is InChI=1S/C34H38N4O4/c1-23-31(33(2,3)24-14-16-27(41-4)17-15-24)30(18-20-37-22-25(19-21-39)35-36-37)42-34(23)28-12-8-9-13-29(28)38(32(34)40)26-10-6-5-7-11-26/h5-17,22-23,30-31,39H,18-21H2,1-4H3/t23-,30+,31-,34+/m1/s1. The summed E-state index contributed by atoms with van der Waals surface area (Å²) in [6, 6.07) is 26.1. The number of carbonyl (C=O) groups excluding carboxylic acids is 1. The lowest BCUT2D eigenvalue weighted by Crippen LogP contribution is -2.44. The Labute approximate surface area is 246 Å². The molecule has 2 aliphatic rings. The predicted octanol–water partition coefficient (Wildman–Crippen LogP) is 5.41. The summed E-state index contributed by atoms with van der Waals surface area (Å²) in [7, 11) is 1.67. The molecule has 0 radical (unpaired) electrons. The van der Waals surface area contributed by atoms with Gasteiger partial charge in [0, 0.05) is 48.9 Å². The smallest absolute Gasteiger partial charge is 0.268 e. The average Bonchev–Trinajstić information content (AvgIpc) is 3.66. The number of hydrogen-bond acceptors (Lipinski definition) is 6. The Morgan fingerprint density at radius 3 is 2.45 bits per heavy atom. The van der Waals surface area contributed by atoms with Crippen LogP contribution in [0, 0.1) is 11.8 Å². The van der Waals surface area contributed by atoms with E-state index in [0.717, 1.165) is 33.9 Å². The van der Waals surface area contributed by atoms with Crippen LogP contribution in [0.5, 0.6) is 5.75 Å². The number of carbonyl (C=O) groups is 1. The molecule has 8 heteroatoms. The molecule has 3 aromatic carbocycles. The van der Waals surface area contributed by atoms with E-state index in [-0.39, 0.29) is 35.9 Å². The number of para-hydroxylation sites is 2. The van der Waals surface area contributed by atoms with Crippen molar-refractivity contribution in [1.82, 2.24) is 15.0 Å². The quantitative estimate of drug-likeness (QED) is 0.291. The van der Waals surface area contributed by atoms with Gasteiger partial charge in [-0.25, -0.2) is 0 Å². The first kappa shape index (κ1) is 28.1. The Morgan fingerprint density at radius 2 is 1.74 bits per heavy atom.